The van der Waals surface area contributed by atoms with E-state index < -0.39 is 0 Å². The van der Waals surface area contributed by atoms with Gasteiger partial charge in [0, 0.05) is 0 Å². The topological polar surface area (TPSA) is 48.1 Å². The van der Waals surface area contributed by atoms with Crippen molar-refractivity contribution in [3.63, 3.8) is 0 Å². The van der Waals surface area contributed by atoms with Gasteiger partial charge in [0.15, 0.2) is 0 Å². The van der Waals surface area contributed by atoms with Crippen LogP contribution in [0.25, 0.3) is 0 Å². The predicted octanol–water partition coefficient (Wildman–Crippen LogP) is 0.413. The average molecular weight is 146 g/mol. The summed E-state index contributed by atoms with van der Waals surface area (Å²) in [7, 11) is 1.40. The molecule has 5 nitrogen and oxygen atoms in total. The Morgan fingerprint density at radius 1 is 1.50 bits per heavy atom. The third kappa shape index (κ3) is 1.49. The lowest BCUT2D eigenvalue weighted by Crippen LogP contribution is -2.28. The molecule has 0 aliphatic carbocycles. The number of hydrogen-bond acceptors (Lipinski definition) is 2. The van der Waals surface area contributed by atoms with Gasteiger partial charge < -0.3 is 4.84 Å². The molecule has 0 radical (unpaired) electrons. The minimum Gasteiger partial charge on any atom is -0.346 e. The third-order valence-electron chi connectivity index (χ3n) is 1.49. The smallest absolute Gasteiger partial charge is 0.274 e. The fourth-order valence-corrected chi connectivity index (χ4v) is 1.00. The van der Waals surface area contributed by atoms with Crippen LogP contribution in [0.15, 0.2) is 5.28 Å². The summed E-state index contributed by atoms with van der Waals surface area (Å²) in [6.45, 7) is 1.70. The van der Waals surface area contributed by atoms with Gasteiger partial charge >= 0.3 is 0 Å². The molecule has 1 rings (SSSR count). The largest absolute Gasteiger partial charge is 0.346 e. The number of rotatable bonds is 2. The molecule has 1 saturated heterocycles. The molecular weight excluding hydrogens is 134 g/mol. The monoisotopic (exact) mass is 146 g/mol. The molecule has 0 bridgehead atoms. The van der Waals surface area contributed by atoms with Crippen molar-refractivity contribution in [1.29, 1.82) is 0 Å². The predicted molar refractivity (Wildman–Crippen MR) is 32.3 cm³/mol. The molecule has 0 spiro atoms. The molecule has 0 aromatic carbocycles. The van der Waals surface area contributed by atoms with Gasteiger partial charge in [0.05, 0.1) is 13.1 Å². The summed E-state index contributed by atoms with van der Waals surface area (Å²) in [5, 5.41) is 14.0. The van der Waals surface area contributed by atoms with E-state index in [4.69, 9.17) is 5.21 Å². The fourth-order valence-electron chi connectivity index (χ4n) is 1.00. The van der Waals surface area contributed by atoms with Crippen molar-refractivity contribution >= 4 is 0 Å². The molecule has 0 amide bonds. The second-order valence-corrected chi connectivity index (χ2v) is 2.19. The summed E-state index contributed by atoms with van der Waals surface area (Å²) >= 11 is 0. The summed E-state index contributed by atoms with van der Waals surface area (Å²) in [6.07, 6.45) is 2.21. The lowest BCUT2D eigenvalue weighted by molar-refractivity contribution is -0.939. The Kier molecular flexibility index (Phi) is 2.30. The summed E-state index contributed by atoms with van der Waals surface area (Å²) in [5.74, 6) is 0. The molecule has 0 aromatic rings. The van der Waals surface area contributed by atoms with Gasteiger partial charge in [0.2, 0.25) is 0 Å². The first-order valence-electron chi connectivity index (χ1n) is 3.32. The van der Waals surface area contributed by atoms with Gasteiger partial charge in [-0.05, 0) is 12.8 Å². The van der Waals surface area contributed by atoms with Crippen LogP contribution < -0.4 is 0 Å². The molecular formula is C5H12N3O2+. The van der Waals surface area contributed by atoms with Crippen molar-refractivity contribution in [2.75, 3.05) is 20.2 Å². The van der Waals surface area contributed by atoms with Crippen LogP contribution in [0, 0.1) is 0 Å². The van der Waals surface area contributed by atoms with Crippen LogP contribution in [-0.2, 0) is 4.84 Å². The molecule has 1 aliphatic heterocycles. The highest BCUT2D eigenvalue weighted by atomic mass is 16.7. The van der Waals surface area contributed by atoms with Crippen molar-refractivity contribution in [3.8, 4) is 0 Å². The van der Waals surface area contributed by atoms with Crippen LogP contribution in [0.5, 0.6) is 0 Å². The molecule has 10 heavy (non-hydrogen) atoms. The highest BCUT2D eigenvalue weighted by Crippen LogP contribution is 2.06. The maximum absolute atomic E-state index is 9.02. The van der Waals surface area contributed by atoms with E-state index in [2.05, 4.69) is 10.1 Å². The molecule has 0 aromatic heterocycles. The normalized spacial score (nSPS) is 19.7. The molecule has 1 N–H and O–H groups in total. The van der Waals surface area contributed by atoms with E-state index in [-0.39, 0.29) is 0 Å². The summed E-state index contributed by atoms with van der Waals surface area (Å²) in [6, 6.07) is 0. The Bertz CT molecular complexity index is 131. The van der Waals surface area contributed by atoms with E-state index in [1.165, 1.54) is 7.11 Å². The van der Waals surface area contributed by atoms with E-state index >= 15 is 0 Å². The van der Waals surface area contributed by atoms with Crippen LogP contribution >= 0.6 is 0 Å². The molecule has 0 saturated carbocycles. The molecule has 5 heteroatoms. The first-order chi connectivity index (χ1) is 4.84. The zero-order valence-corrected chi connectivity index (χ0v) is 6.03. The lowest BCUT2D eigenvalue weighted by atomic mass is 10.4. The number of hydrazine groups is 1. The molecule has 0 atom stereocenters. The zero-order valence-electron chi connectivity index (χ0n) is 6.03. The summed E-state index contributed by atoms with van der Waals surface area (Å²) < 4.78 is 0. The van der Waals surface area contributed by atoms with Crippen LogP contribution in [0.3, 0.4) is 0 Å². The molecule has 1 heterocycles. The summed E-state index contributed by atoms with van der Waals surface area (Å²) in [5.41, 5.74) is 0. The Morgan fingerprint density at radius 3 is 2.60 bits per heavy atom. The molecule has 1 aliphatic rings. The van der Waals surface area contributed by atoms with Crippen molar-refractivity contribution in [2.45, 2.75) is 12.8 Å². The van der Waals surface area contributed by atoms with Gasteiger partial charge in [-0.3, -0.25) is 0 Å². The molecule has 0 unspecified atom stereocenters. The van der Waals surface area contributed by atoms with Gasteiger partial charge in [0.1, 0.15) is 7.11 Å². The van der Waals surface area contributed by atoms with E-state index in [1.807, 2.05) is 0 Å². The van der Waals surface area contributed by atoms with E-state index in [9.17, 15) is 0 Å². The van der Waals surface area contributed by atoms with Gasteiger partial charge in [0.25, 0.3) is 10.2 Å². The molecule has 58 valence electrons. The lowest BCUT2D eigenvalue weighted by Gasteiger charge is -2.00. The standard InChI is InChI=1S/C5H12N3O2/c1-10-6-8(9)7-4-2-3-5-7/h2-5H2,1H3,(H,6,9)/q+1. The van der Waals surface area contributed by atoms with Crippen molar-refractivity contribution in [2.24, 2.45) is 5.28 Å². The van der Waals surface area contributed by atoms with E-state index in [0.29, 0.717) is 0 Å². The first-order valence-corrected chi connectivity index (χ1v) is 3.32. The minimum atomic E-state index is 0.757. The summed E-state index contributed by atoms with van der Waals surface area (Å²) in [4.78, 5) is 5.13. The average Bonchev–Trinajstić information content (AvgIpc) is 2.38. The van der Waals surface area contributed by atoms with Crippen LogP contribution in [-0.4, -0.2) is 35.4 Å². The maximum atomic E-state index is 9.02. The van der Waals surface area contributed by atoms with Crippen LogP contribution in [0.4, 0.5) is 0 Å². The second kappa shape index (κ2) is 3.24. The Hall–Kier alpha value is -1.00. The first kappa shape index (κ1) is 7.11. The Morgan fingerprint density at radius 2 is 2.10 bits per heavy atom. The van der Waals surface area contributed by atoms with Gasteiger partial charge in [-0.1, -0.05) is 0 Å². The highest BCUT2D eigenvalue weighted by Gasteiger charge is 2.22. The van der Waals surface area contributed by atoms with Gasteiger partial charge in [-0.15, -0.1) is 5.01 Å². The van der Waals surface area contributed by atoms with Crippen molar-refractivity contribution in [1.82, 2.24) is 5.01 Å². The zero-order chi connectivity index (χ0) is 7.40. The third-order valence-corrected chi connectivity index (χ3v) is 1.49. The second-order valence-electron chi connectivity index (χ2n) is 2.19. The minimum absolute atomic E-state index is 0.757. The molecule has 1 fully saturated rings. The van der Waals surface area contributed by atoms with E-state index in [1.54, 1.807) is 5.01 Å². The number of nitrogens with zero attached hydrogens (tertiary/aromatic N) is 3. The Labute approximate surface area is 59.4 Å². The van der Waals surface area contributed by atoms with E-state index in [0.717, 1.165) is 30.9 Å². The maximum Gasteiger partial charge on any atom is 0.274 e. The quantitative estimate of drug-likeness (QED) is 0.349. The Balaban J connectivity index is 2.39. The highest BCUT2D eigenvalue weighted by molar-refractivity contribution is 4.54. The SMILES string of the molecule is CO/N=[N+](\O)N1CCCC1. The fraction of sp³-hybridized carbons (Fsp3) is 1.00. The van der Waals surface area contributed by atoms with Crippen molar-refractivity contribution < 1.29 is 15.0 Å². The van der Waals surface area contributed by atoms with Gasteiger partial charge in [-0.25, -0.2) is 5.21 Å². The van der Waals surface area contributed by atoms with Crippen LogP contribution in [0.2, 0.25) is 0 Å². The number of hydrogen-bond donors (Lipinski definition) is 1. The van der Waals surface area contributed by atoms with Crippen molar-refractivity contribution in [3.05, 3.63) is 0 Å². The van der Waals surface area contributed by atoms with Crippen LogP contribution in [0.1, 0.15) is 12.8 Å². The van der Waals surface area contributed by atoms with Gasteiger partial charge in [-0.2, -0.15) is 0 Å².